The molecule has 0 fully saturated rings. The molecule has 56 heavy (non-hydrogen) atoms. The normalized spacial score (nSPS) is 15.5. The summed E-state index contributed by atoms with van der Waals surface area (Å²) in [6, 6.07) is 48.8. The summed E-state index contributed by atoms with van der Waals surface area (Å²) in [6.45, 7) is 0. The van der Waals surface area contributed by atoms with Crippen molar-refractivity contribution in [3.63, 3.8) is 0 Å². The molecule has 0 bridgehead atoms. The van der Waals surface area contributed by atoms with Crippen molar-refractivity contribution < 1.29 is 14.4 Å². The van der Waals surface area contributed by atoms with Crippen LogP contribution in [0.5, 0.6) is 0 Å². The fourth-order valence-electron chi connectivity index (χ4n) is 6.55. The van der Waals surface area contributed by atoms with E-state index < -0.39 is 5.91 Å². The van der Waals surface area contributed by atoms with Gasteiger partial charge < -0.3 is 0 Å². The highest BCUT2D eigenvalue weighted by Gasteiger charge is 2.39. The molecule has 2 aliphatic rings. The van der Waals surface area contributed by atoms with Gasteiger partial charge in [-0.1, -0.05) is 115 Å². The lowest BCUT2D eigenvalue weighted by Crippen LogP contribution is -2.38. The Labute approximate surface area is 333 Å². The van der Waals surface area contributed by atoms with E-state index in [0.29, 0.717) is 45.3 Å². The molecule has 0 N–H and O–H groups in total. The molecule has 0 spiro atoms. The number of thioether (sulfide) groups is 2. The molecule has 0 atom stereocenters. The average Bonchev–Trinajstić information content (AvgIpc) is 3.76. The first kappa shape index (κ1) is 36.4. The zero-order valence-electron chi connectivity index (χ0n) is 30.5. The molecule has 9 heteroatoms. The van der Waals surface area contributed by atoms with Crippen LogP contribution in [0.2, 0.25) is 0 Å². The van der Waals surface area contributed by atoms with Gasteiger partial charge in [-0.15, -0.1) is 23.5 Å². The number of benzene rings is 6. The van der Waals surface area contributed by atoms with Crippen LogP contribution in [-0.2, 0) is 9.59 Å². The van der Waals surface area contributed by atoms with Gasteiger partial charge in [0.25, 0.3) is 11.8 Å². The van der Waals surface area contributed by atoms with Crippen molar-refractivity contribution in [2.24, 2.45) is 9.98 Å². The summed E-state index contributed by atoms with van der Waals surface area (Å²) in [6.07, 6.45) is 7.55. The second-order valence-corrected chi connectivity index (χ2v) is 14.6. The van der Waals surface area contributed by atoms with Crippen molar-refractivity contribution >= 4 is 76.3 Å². The predicted molar refractivity (Wildman–Crippen MR) is 230 cm³/mol. The first-order valence-corrected chi connectivity index (χ1v) is 20.3. The highest BCUT2D eigenvalue weighted by Crippen LogP contribution is 2.40. The molecular weight excluding hydrogens is 733 g/mol. The minimum Gasteiger partial charge on any atom is -0.289 e. The molecule has 7 nitrogen and oxygen atoms in total. The average molecular weight is 767 g/mol. The van der Waals surface area contributed by atoms with E-state index in [9.17, 15) is 14.4 Å². The Hall–Kier alpha value is -6.55. The van der Waals surface area contributed by atoms with Crippen LogP contribution in [0.4, 0.5) is 11.4 Å². The van der Waals surface area contributed by atoms with E-state index >= 15 is 0 Å². The Morgan fingerprint density at radius 1 is 0.500 bits per heavy atom. The number of hydrogen-bond acceptors (Lipinski definition) is 7. The smallest absolute Gasteiger partial charge is 0.282 e. The van der Waals surface area contributed by atoms with Crippen molar-refractivity contribution in [1.82, 2.24) is 0 Å². The molecule has 0 aromatic heterocycles. The zero-order chi connectivity index (χ0) is 38.6. The van der Waals surface area contributed by atoms with Gasteiger partial charge in [-0.05, 0) is 78.3 Å². The second kappa shape index (κ2) is 16.0. The van der Waals surface area contributed by atoms with E-state index in [1.807, 2.05) is 140 Å². The summed E-state index contributed by atoms with van der Waals surface area (Å²) in [5.41, 5.74) is 4.98. The molecule has 0 saturated heterocycles. The van der Waals surface area contributed by atoms with E-state index in [0.717, 1.165) is 20.9 Å². The standard InChI is InChI=1S/C47H34N4O3S2/c1-55-37-23-18-31(19-24-37)28-39-46(53)50(44(48-39)34-14-8-4-9-15-34)41-27-22-36(43(52)33-12-6-3-7-13-33)30-42(41)51-45(35-16-10-5-11-17-35)49-40(47(51)54)29-32-20-25-38(56-2)26-21-32/h3-30H,1-2H3/b39-28-,40-29?. The molecule has 2 heterocycles. The number of amides is 2. The number of amidine groups is 2. The lowest BCUT2D eigenvalue weighted by Gasteiger charge is -2.27. The van der Waals surface area contributed by atoms with E-state index in [1.54, 1.807) is 66.0 Å². The van der Waals surface area contributed by atoms with Gasteiger partial charge in [-0.3, -0.25) is 24.2 Å². The number of carbonyl (C=O) groups excluding carboxylic acids is 3. The van der Waals surface area contributed by atoms with Gasteiger partial charge in [0.2, 0.25) is 0 Å². The maximum atomic E-state index is 14.8. The van der Waals surface area contributed by atoms with Crippen molar-refractivity contribution in [2.45, 2.75) is 9.79 Å². The second-order valence-electron chi connectivity index (χ2n) is 12.9. The predicted octanol–water partition coefficient (Wildman–Crippen LogP) is 10.0. The molecule has 0 unspecified atom stereocenters. The number of rotatable bonds is 10. The SMILES string of the molecule is CSc1ccc(C=C2N=C(c3ccccc3)N(c3cc(C(=O)c4ccccc4)ccc3N3C(=O)/C(=C/c4ccc(SC)cc4)N=C3c3ccccc3)C2=O)cc1. The number of aliphatic imine (C=N–C) groups is 2. The van der Waals surface area contributed by atoms with Crippen LogP contribution in [0.1, 0.15) is 38.2 Å². The monoisotopic (exact) mass is 766 g/mol. The van der Waals surface area contributed by atoms with Crippen molar-refractivity contribution in [3.8, 4) is 0 Å². The number of nitrogens with zero attached hydrogens (tertiary/aromatic N) is 4. The molecule has 6 aromatic rings. The molecule has 6 aromatic carbocycles. The van der Waals surface area contributed by atoms with E-state index in [4.69, 9.17) is 9.98 Å². The van der Waals surface area contributed by atoms with E-state index in [-0.39, 0.29) is 23.1 Å². The number of hydrogen-bond donors (Lipinski definition) is 0. The Balaban J connectivity index is 1.32. The number of carbonyl (C=O) groups is 3. The summed E-state index contributed by atoms with van der Waals surface area (Å²) >= 11 is 3.27. The minimum absolute atomic E-state index is 0.213. The maximum Gasteiger partial charge on any atom is 0.282 e. The summed E-state index contributed by atoms with van der Waals surface area (Å²) in [7, 11) is 0. The first-order chi connectivity index (χ1) is 27.4. The van der Waals surface area contributed by atoms with Crippen molar-refractivity contribution in [2.75, 3.05) is 22.3 Å². The molecule has 0 radical (unpaired) electrons. The molecule has 2 aliphatic heterocycles. The minimum atomic E-state index is -0.405. The topological polar surface area (TPSA) is 82.4 Å². The van der Waals surface area contributed by atoms with Crippen molar-refractivity contribution in [3.05, 3.63) is 203 Å². The first-order valence-electron chi connectivity index (χ1n) is 17.8. The maximum absolute atomic E-state index is 14.8. The summed E-state index contributed by atoms with van der Waals surface area (Å²) < 4.78 is 0. The third-order valence-corrected chi connectivity index (χ3v) is 10.9. The zero-order valence-corrected chi connectivity index (χ0v) is 32.1. The Kier molecular flexibility index (Phi) is 10.4. The van der Waals surface area contributed by atoms with Gasteiger partial charge in [-0.25, -0.2) is 9.98 Å². The highest BCUT2D eigenvalue weighted by molar-refractivity contribution is 7.98. The van der Waals surface area contributed by atoms with Gasteiger partial charge in [0.05, 0.1) is 11.4 Å². The Morgan fingerprint density at radius 3 is 1.38 bits per heavy atom. The van der Waals surface area contributed by atoms with Crippen LogP contribution in [0, 0.1) is 0 Å². The van der Waals surface area contributed by atoms with Gasteiger partial charge in [0, 0.05) is 32.0 Å². The molecule has 0 saturated carbocycles. The van der Waals surface area contributed by atoms with E-state index in [2.05, 4.69) is 0 Å². The van der Waals surface area contributed by atoms with Gasteiger partial charge >= 0.3 is 0 Å². The summed E-state index contributed by atoms with van der Waals surface area (Å²) in [4.78, 5) is 58.7. The van der Waals surface area contributed by atoms with Crippen molar-refractivity contribution in [1.29, 1.82) is 0 Å². The quantitative estimate of drug-likeness (QED) is 0.0788. The van der Waals surface area contributed by atoms with Crippen LogP contribution < -0.4 is 9.80 Å². The fourth-order valence-corrected chi connectivity index (χ4v) is 7.36. The number of anilines is 2. The van der Waals surface area contributed by atoms with Gasteiger partial charge in [0.1, 0.15) is 23.1 Å². The van der Waals surface area contributed by atoms with Crippen LogP contribution in [0.25, 0.3) is 12.2 Å². The molecular formula is C47H34N4O3S2. The molecule has 8 rings (SSSR count). The highest BCUT2D eigenvalue weighted by atomic mass is 32.2. The summed E-state index contributed by atoms with van der Waals surface area (Å²) in [5.74, 6) is -0.261. The number of ketones is 1. The lowest BCUT2D eigenvalue weighted by molar-refractivity contribution is -0.114. The fraction of sp³-hybridized carbons (Fsp3) is 0.0426. The van der Waals surface area contributed by atoms with Crippen LogP contribution in [0.15, 0.2) is 189 Å². The molecule has 2 amide bonds. The van der Waals surface area contributed by atoms with Gasteiger partial charge in [-0.2, -0.15) is 0 Å². The van der Waals surface area contributed by atoms with Crippen LogP contribution in [-0.4, -0.2) is 41.8 Å². The van der Waals surface area contributed by atoms with Crippen LogP contribution in [0.3, 0.4) is 0 Å². The Bertz CT molecular complexity index is 2580. The lowest BCUT2D eigenvalue weighted by atomic mass is 10.0. The summed E-state index contributed by atoms with van der Waals surface area (Å²) in [5, 5.41) is 0. The third-order valence-electron chi connectivity index (χ3n) is 9.38. The van der Waals surface area contributed by atoms with E-state index in [1.165, 1.54) is 9.80 Å². The molecule has 272 valence electrons. The largest absolute Gasteiger partial charge is 0.289 e. The molecule has 0 aliphatic carbocycles. The van der Waals surface area contributed by atoms with Gasteiger partial charge in [0.15, 0.2) is 5.78 Å². The van der Waals surface area contributed by atoms with Crippen LogP contribution >= 0.6 is 23.5 Å². The Morgan fingerprint density at radius 2 is 0.929 bits per heavy atom. The third kappa shape index (κ3) is 7.30.